The van der Waals surface area contributed by atoms with E-state index in [1.807, 2.05) is 20.8 Å². The van der Waals surface area contributed by atoms with Gasteiger partial charge in [0.05, 0.1) is 36.4 Å². The minimum atomic E-state index is -4.31. The lowest BCUT2D eigenvalue weighted by molar-refractivity contribution is -0.140. The minimum Gasteiger partial charge on any atom is -0.490 e. The average Bonchev–Trinajstić information content (AvgIpc) is 3.43. The van der Waals surface area contributed by atoms with Crippen LogP contribution in [0.1, 0.15) is 78.5 Å². The molecule has 2 fully saturated rings. The molecule has 1 aliphatic heterocycles. The van der Waals surface area contributed by atoms with Gasteiger partial charge in [0.25, 0.3) is 0 Å². The van der Waals surface area contributed by atoms with Gasteiger partial charge in [0.15, 0.2) is 11.4 Å². The summed E-state index contributed by atoms with van der Waals surface area (Å²) in [5.41, 5.74) is 1.04. The largest absolute Gasteiger partial charge is 0.490 e. The van der Waals surface area contributed by atoms with Crippen LogP contribution in [0.25, 0.3) is 15.9 Å². The molecule has 1 aromatic heterocycles. The number of anilines is 1. The molecule has 1 N–H and O–H groups in total. The zero-order chi connectivity index (χ0) is 37.5. The molecule has 1 saturated heterocycles. The van der Waals surface area contributed by atoms with E-state index in [0.717, 1.165) is 36.4 Å². The van der Waals surface area contributed by atoms with Crippen LogP contribution in [0.4, 0.5) is 16.2 Å². The lowest BCUT2D eigenvalue weighted by atomic mass is 9.95. The van der Waals surface area contributed by atoms with E-state index in [-0.39, 0.29) is 55.4 Å². The predicted molar refractivity (Wildman–Crippen MR) is 196 cm³/mol. The Morgan fingerprint density at radius 1 is 1.02 bits per heavy atom. The number of rotatable bonds is 12. The maximum atomic E-state index is 13.9. The van der Waals surface area contributed by atoms with E-state index in [1.54, 1.807) is 58.9 Å². The number of carbonyl (C=O) groups excluding carboxylic acids is 3. The Labute approximate surface area is 305 Å². The molecule has 0 atom stereocenters. The van der Waals surface area contributed by atoms with E-state index in [2.05, 4.69) is 10.2 Å². The van der Waals surface area contributed by atoms with Gasteiger partial charge in [-0.15, -0.1) is 0 Å². The molecule has 2 heterocycles. The third-order valence-electron chi connectivity index (χ3n) is 8.96. The molecule has 280 valence electrons. The highest BCUT2D eigenvalue weighted by Gasteiger charge is 2.31. The molecule has 0 unspecified atom stereocenters. The molecule has 2 amide bonds. The Bertz CT molecular complexity index is 1880. The Hall–Kier alpha value is -4.84. The van der Waals surface area contributed by atoms with E-state index in [1.165, 1.54) is 0 Å². The molecule has 0 spiro atoms. The molecular formula is C37H48N6O8S. The second-order valence-electron chi connectivity index (χ2n) is 14.1. The lowest BCUT2D eigenvalue weighted by Crippen LogP contribution is -2.44. The van der Waals surface area contributed by atoms with Gasteiger partial charge in [-0.05, 0) is 76.9 Å². The Kier molecular flexibility index (Phi) is 12.3. The summed E-state index contributed by atoms with van der Waals surface area (Å²) in [4.78, 5) is 48.2. The van der Waals surface area contributed by atoms with Crippen LogP contribution in [0.2, 0.25) is 0 Å². The summed E-state index contributed by atoms with van der Waals surface area (Å²) in [6.45, 7) is 15.1. The van der Waals surface area contributed by atoms with E-state index in [0.29, 0.717) is 48.4 Å². The number of likely N-dealkylation sites (tertiary alicyclic amines) is 1. The molecule has 1 aliphatic carbocycles. The fourth-order valence-corrected chi connectivity index (χ4v) is 7.77. The summed E-state index contributed by atoms with van der Waals surface area (Å²) >= 11 is 0. The number of esters is 1. The average molecular weight is 737 g/mol. The van der Waals surface area contributed by atoms with Gasteiger partial charge < -0.3 is 29.0 Å². The third kappa shape index (κ3) is 10.1. The molecule has 15 heteroatoms. The standard InChI is InChI=1S/C37H48N6O8S/c1-6-49-35(45)25-52(47,48)43(28-13-15-29(16-14-28)50-30-18-20-41(21-19-30)36(46)51-37(2,3)4)23-33-40-31-22-27(38-5)12-17-32(31)42(33)24-34(44)39-26-10-8-7-9-11-26/h12-17,22,26,30H,6-11,18-21,23-25H2,1-4H3,(H,39,44). The number of piperidine rings is 1. The number of hydrogen-bond donors (Lipinski definition) is 1. The van der Waals surface area contributed by atoms with Crippen molar-refractivity contribution in [1.82, 2.24) is 19.8 Å². The van der Waals surface area contributed by atoms with Crippen molar-refractivity contribution in [1.29, 1.82) is 0 Å². The molecule has 2 aliphatic rings. The molecule has 14 nitrogen and oxygen atoms in total. The Morgan fingerprint density at radius 3 is 2.35 bits per heavy atom. The highest BCUT2D eigenvalue weighted by molar-refractivity contribution is 7.93. The van der Waals surface area contributed by atoms with Gasteiger partial charge in [-0.2, -0.15) is 0 Å². The molecule has 5 rings (SSSR count). The van der Waals surface area contributed by atoms with Crippen LogP contribution in [0, 0.1) is 6.57 Å². The number of amides is 2. The first-order chi connectivity index (χ1) is 24.7. The second-order valence-corrected chi connectivity index (χ2v) is 16.0. The first-order valence-electron chi connectivity index (χ1n) is 17.8. The van der Waals surface area contributed by atoms with Crippen LogP contribution in [-0.2, 0) is 42.2 Å². The quantitative estimate of drug-likeness (QED) is 0.182. The van der Waals surface area contributed by atoms with Crippen molar-refractivity contribution in [3.63, 3.8) is 0 Å². The number of ether oxygens (including phenoxy) is 3. The fraction of sp³-hybridized carbons (Fsp3) is 0.541. The lowest BCUT2D eigenvalue weighted by Gasteiger charge is -2.33. The molecule has 0 bridgehead atoms. The van der Waals surface area contributed by atoms with Crippen LogP contribution in [-0.4, -0.2) is 84.0 Å². The van der Waals surface area contributed by atoms with Crippen molar-refractivity contribution in [3.8, 4) is 5.75 Å². The molecular weight excluding hydrogens is 689 g/mol. The number of imidazole rings is 1. The summed E-state index contributed by atoms with van der Waals surface area (Å²) in [6, 6.07) is 11.5. The first-order valence-corrected chi connectivity index (χ1v) is 19.4. The van der Waals surface area contributed by atoms with E-state index in [9.17, 15) is 22.8 Å². The van der Waals surface area contributed by atoms with E-state index < -0.39 is 27.3 Å². The van der Waals surface area contributed by atoms with Gasteiger partial charge >= 0.3 is 12.1 Å². The highest BCUT2D eigenvalue weighted by Crippen LogP contribution is 2.29. The number of hydrogen-bond acceptors (Lipinski definition) is 9. The maximum absolute atomic E-state index is 13.9. The number of nitrogens with one attached hydrogen (secondary N) is 1. The summed E-state index contributed by atoms with van der Waals surface area (Å²) in [5, 5.41) is 3.11. The van der Waals surface area contributed by atoms with Crippen molar-refractivity contribution in [3.05, 3.63) is 59.7 Å². The topological polar surface area (TPSA) is 154 Å². The number of benzene rings is 2. The van der Waals surface area contributed by atoms with Crippen molar-refractivity contribution in [2.75, 3.05) is 29.8 Å². The highest BCUT2D eigenvalue weighted by atomic mass is 32.2. The molecule has 52 heavy (non-hydrogen) atoms. The van der Waals surface area contributed by atoms with Crippen LogP contribution in [0.5, 0.6) is 5.75 Å². The van der Waals surface area contributed by atoms with Crippen LogP contribution in [0.15, 0.2) is 42.5 Å². The minimum absolute atomic E-state index is 0.0202. The van der Waals surface area contributed by atoms with Crippen LogP contribution >= 0.6 is 0 Å². The molecule has 1 saturated carbocycles. The van der Waals surface area contributed by atoms with Gasteiger partial charge in [0.1, 0.15) is 29.8 Å². The van der Waals surface area contributed by atoms with Gasteiger partial charge in [-0.3, -0.25) is 13.9 Å². The van der Waals surface area contributed by atoms with E-state index in [4.69, 9.17) is 25.8 Å². The third-order valence-corrected chi connectivity index (χ3v) is 10.6. The van der Waals surface area contributed by atoms with Crippen LogP contribution < -0.4 is 14.4 Å². The SMILES string of the molecule is [C-]#[N+]c1ccc2c(c1)nc(CN(c1ccc(OC3CCN(C(=O)OC(C)(C)C)CC3)cc1)S(=O)(=O)CC(=O)OCC)n2CC(=O)NC1CCCCC1. The monoisotopic (exact) mass is 736 g/mol. The van der Waals surface area contributed by atoms with E-state index >= 15 is 0 Å². The van der Waals surface area contributed by atoms with Crippen molar-refractivity contribution in [2.45, 2.75) is 103 Å². The van der Waals surface area contributed by atoms with Crippen molar-refractivity contribution >= 4 is 50.4 Å². The fourth-order valence-electron chi connectivity index (χ4n) is 6.47. The molecule has 0 radical (unpaired) electrons. The maximum Gasteiger partial charge on any atom is 0.410 e. The van der Waals surface area contributed by atoms with Crippen molar-refractivity contribution < 1.29 is 37.0 Å². The number of nitrogens with zero attached hydrogens (tertiary/aromatic N) is 5. The predicted octanol–water partition coefficient (Wildman–Crippen LogP) is 5.71. The number of sulfonamides is 1. The number of fused-ring (bicyclic) bond motifs is 1. The molecule has 3 aromatic rings. The van der Waals surface area contributed by atoms with Gasteiger partial charge in [-0.25, -0.2) is 23.0 Å². The Morgan fingerprint density at radius 2 is 1.71 bits per heavy atom. The summed E-state index contributed by atoms with van der Waals surface area (Å²) in [6.07, 6.45) is 5.73. The first kappa shape index (κ1) is 38.4. The smallest absolute Gasteiger partial charge is 0.410 e. The normalized spacial score (nSPS) is 15.9. The van der Waals surface area contributed by atoms with Gasteiger partial charge in [-0.1, -0.05) is 25.3 Å². The number of aromatic nitrogens is 2. The molecule has 2 aromatic carbocycles. The summed E-state index contributed by atoms with van der Waals surface area (Å²) in [7, 11) is -4.31. The zero-order valence-corrected chi connectivity index (χ0v) is 31.1. The second kappa shape index (κ2) is 16.7. The Balaban J connectivity index is 1.39. The van der Waals surface area contributed by atoms with Crippen molar-refractivity contribution in [2.24, 2.45) is 0 Å². The summed E-state index contributed by atoms with van der Waals surface area (Å²) < 4.78 is 47.2. The van der Waals surface area contributed by atoms with Crippen LogP contribution in [0.3, 0.4) is 0 Å². The number of carbonyl (C=O) groups is 3. The van der Waals surface area contributed by atoms with Gasteiger partial charge in [0, 0.05) is 32.0 Å². The zero-order valence-electron chi connectivity index (χ0n) is 30.3. The summed E-state index contributed by atoms with van der Waals surface area (Å²) in [5.74, 6) is -1.24. The van der Waals surface area contributed by atoms with Gasteiger partial charge in [0.2, 0.25) is 15.9 Å².